The molecule has 0 unspecified atom stereocenters. The molecule has 146 valence electrons. The Morgan fingerprint density at radius 1 is 1.30 bits per heavy atom. The first-order valence-corrected chi connectivity index (χ1v) is 8.89. The molecule has 0 radical (unpaired) electrons. The molecule has 2 aliphatic heterocycles. The van der Waals surface area contributed by atoms with Crippen molar-refractivity contribution in [2.45, 2.75) is 50.4 Å². The SMILES string of the molecule is O=C(CCc1ccc2c(c1)OCO2)N1N=C2CCCC[C@H]2[C@]1(O)C(F)(F)F. The van der Waals surface area contributed by atoms with Gasteiger partial charge in [0.25, 0.3) is 5.72 Å². The second kappa shape index (κ2) is 6.40. The molecule has 9 heteroatoms. The molecule has 0 aromatic heterocycles. The van der Waals surface area contributed by atoms with E-state index in [1.165, 1.54) is 0 Å². The van der Waals surface area contributed by atoms with Crippen LogP contribution in [0.25, 0.3) is 0 Å². The number of fused-ring (bicyclic) bond motifs is 2. The van der Waals surface area contributed by atoms with Gasteiger partial charge in [-0.3, -0.25) is 4.79 Å². The average molecular weight is 384 g/mol. The van der Waals surface area contributed by atoms with E-state index in [1.807, 2.05) is 0 Å². The molecule has 1 fully saturated rings. The van der Waals surface area contributed by atoms with Crippen LogP contribution in [0, 0.1) is 5.92 Å². The van der Waals surface area contributed by atoms with Gasteiger partial charge in [-0.05, 0) is 43.4 Å². The molecule has 1 aromatic rings. The number of carbonyl (C=O) groups excluding carboxylic acids is 1. The molecule has 4 rings (SSSR count). The summed E-state index contributed by atoms with van der Waals surface area (Å²) in [6, 6.07) is 5.12. The first-order chi connectivity index (χ1) is 12.8. The summed E-state index contributed by atoms with van der Waals surface area (Å²) in [6.07, 6.45) is -3.16. The van der Waals surface area contributed by atoms with Crippen molar-refractivity contribution in [3.05, 3.63) is 23.8 Å². The van der Waals surface area contributed by atoms with Gasteiger partial charge in [0, 0.05) is 12.1 Å². The molecule has 27 heavy (non-hydrogen) atoms. The van der Waals surface area contributed by atoms with E-state index < -0.39 is 23.7 Å². The van der Waals surface area contributed by atoms with Crippen LogP contribution in [-0.4, -0.2) is 40.4 Å². The standard InChI is InChI=1S/C18H19F3N2O4/c19-18(20,21)17(25)12-3-1-2-4-13(12)22-23(17)16(24)8-6-11-5-7-14-15(9-11)27-10-26-14/h5,7,9,12,25H,1-4,6,8,10H2/t12-,17+/m1/s1. The number of halogens is 3. The molecule has 1 N–H and O–H groups in total. The minimum absolute atomic E-state index is 0.114. The lowest BCUT2D eigenvalue weighted by Gasteiger charge is -2.38. The fourth-order valence-electron chi connectivity index (χ4n) is 3.92. The zero-order chi connectivity index (χ0) is 19.2. The van der Waals surface area contributed by atoms with E-state index in [0.717, 1.165) is 5.56 Å². The van der Waals surface area contributed by atoms with Gasteiger partial charge in [0.2, 0.25) is 12.7 Å². The Labute approximate surface area is 153 Å². The van der Waals surface area contributed by atoms with Gasteiger partial charge in [-0.2, -0.15) is 23.3 Å². The highest BCUT2D eigenvalue weighted by Crippen LogP contribution is 2.48. The molecule has 0 bridgehead atoms. The largest absolute Gasteiger partial charge is 0.454 e. The molecular weight excluding hydrogens is 365 g/mol. The molecule has 1 saturated carbocycles. The Bertz CT molecular complexity index is 795. The van der Waals surface area contributed by atoms with Crippen LogP contribution < -0.4 is 9.47 Å². The van der Waals surface area contributed by atoms with Crippen molar-refractivity contribution in [1.29, 1.82) is 0 Å². The lowest BCUT2D eigenvalue weighted by atomic mass is 9.80. The van der Waals surface area contributed by atoms with Crippen molar-refractivity contribution in [1.82, 2.24) is 5.01 Å². The van der Waals surface area contributed by atoms with E-state index in [2.05, 4.69) is 5.10 Å². The number of benzene rings is 1. The molecule has 0 spiro atoms. The van der Waals surface area contributed by atoms with E-state index in [4.69, 9.17) is 9.47 Å². The highest BCUT2D eigenvalue weighted by molar-refractivity contribution is 5.93. The second-order valence-electron chi connectivity index (χ2n) is 7.01. The number of alkyl halides is 3. The number of rotatable bonds is 3. The molecule has 2 heterocycles. The summed E-state index contributed by atoms with van der Waals surface area (Å²) in [5.41, 5.74) is -2.26. The topological polar surface area (TPSA) is 71.4 Å². The Morgan fingerprint density at radius 3 is 2.85 bits per heavy atom. The normalized spacial score (nSPS) is 26.7. The Hall–Kier alpha value is -2.29. The summed E-state index contributed by atoms with van der Waals surface area (Å²) in [7, 11) is 0. The fourth-order valence-corrected chi connectivity index (χ4v) is 3.92. The molecule has 0 saturated heterocycles. The summed E-state index contributed by atoms with van der Waals surface area (Å²) in [6.45, 7) is 0.114. The van der Waals surface area contributed by atoms with E-state index >= 15 is 0 Å². The zero-order valence-corrected chi connectivity index (χ0v) is 14.5. The van der Waals surface area contributed by atoms with E-state index in [-0.39, 0.29) is 36.8 Å². The van der Waals surface area contributed by atoms with Gasteiger partial charge in [0.15, 0.2) is 11.5 Å². The van der Waals surface area contributed by atoms with Crippen LogP contribution in [0.5, 0.6) is 11.5 Å². The highest BCUT2D eigenvalue weighted by atomic mass is 19.4. The van der Waals surface area contributed by atoms with Gasteiger partial charge in [0.05, 0.1) is 5.92 Å². The summed E-state index contributed by atoms with van der Waals surface area (Å²) >= 11 is 0. The van der Waals surface area contributed by atoms with Gasteiger partial charge in [-0.1, -0.05) is 12.5 Å². The molecular formula is C18H19F3N2O4. The first-order valence-electron chi connectivity index (χ1n) is 8.89. The minimum Gasteiger partial charge on any atom is -0.454 e. The third-order valence-electron chi connectivity index (χ3n) is 5.33. The van der Waals surface area contributed by atoms with Crippen LogP contribution in [0.2, 0.25) is 0 Å². The zero-order valence-electron chi connectivity index (χ0n) is 14.5. The van der Waals surface area contributed by atoms with Crippen molar-refractivity contribution in [3.63, 3.8) is 0 Å². The minimum atomic E-state index is -4.98. The molecule has 6 nitrogen and oxygen atoms in total. The molecule has 2 atom stereocenters. The Morgan fingerprint density at radius 2 is 2.07 bits per heavy atom. The second-order valence-corrected chi connectivity index (χ2v) is 7.01. The summed E-state index contributed by atoms with van der Waals surface area (Å²) in [4.78, 5) is 12.6. The van der Waals surface area contributed by atoms with Crippen LogP contribution in [0.15, 0.2) is 23.3 Å². The number of nitrogens with zero attached hydrogens (tertiary/aromatic N) is 2. The fraction of sp³-hybridized carbons (Fsp3) is 0.556. The number of carbonyl (C=O) groups is 1. The first kappa shape index (κ1) is 18.1. The van der Waals surface area contributed by atoms with E-state index in [1.54, 1.807) is 18.2 Å². The van der Waals surface area contributed by atoms with Crippen LogP contribution >= 0.6 is 0 Å². The number of aliphatic hydroxyl groups is 1. The van der Waals surface area contributed by atoms with Crippen molar-refractivity contribution < 1.29 is 32.5 Å². The van der Waals surface area contributed by atoms with Crippen molar-refractivity contribution in [2.75, 3.05) is 6.79 Å². The number of hydrazone groups is 1. The van der Waals surface area contributed by atoms with Crippen LogP contribution in [0.1, 0.15) is 37.7 Å². The lowest BCUT2D eigenvalue weighted by Crippen LogP contribution is -2.61. The van der Waals surface area contributed by atoms with Crippen LogP contribution in [-0.2, 0) is 11.2 Å². The van der Waals surface area contributed by atoms with Crippen LogP contribution in [0.4, 0.5) is 13.2 Å². The predicted octanol–water partition coefficient (Wildman–Crippen LogP) is 2.99. The smallest absolute Gasteiger partial charge is 0.439 e. The van der Waals surface area contributed by atoms with Gasteiger partial charge in [-0.15, -0.1) is 0 Å². The maximum absolute atomic E-state index is 13.7. The molecule has 1 aromatic carbocycles. The highest BCUT2D eigenvalue weighted by Gasteiger charge is 2.68. The Kier molecular flexibility index (Phi) is 4.29. The molecule has 1 aliphatic carbocycles. The number of hydrogen-bond acceptors (Lipinski definition) is 5. The van der Waals surface area contributed by atoms with Gasteiger partial charge in [-0.25, -0.2) is 0 Å². The van der Waals surface area contributed by atoms with Crippen LogP contribution in [0.3, 0.4) is 0 Å². The van der Waals surface area contributed by atoms with Gasteiger partial charge < -0.3 is 14.6 Å². The summed E-state index contributed by atoms with van der Waals surface area (Å²) < 4.78 is 51.5. The number of aryl methyl sites for hydroxylation is 1. The third kappa shape index (κ3) is 2.93. The maximum Gasteiger partial charge on any atom is 0.439 e. The van der Waals surface area contributed by atoms with Crippen molar-refractivity contribution in [3.8, 4) is 11.5 Å². The maximum atomic E-state index is 13.7. The predicted molar refractivity (Wildman–Crippen MR) is 88.1 cm³/mol. The van der Waals surface area contributed by atoms with Crippen molar-refractivity contribution in [2.24, 2.45) is 11.0 Å². The third-order valence-corrected chi connectivity index (χ3v) is 5.33. The van der Waals surface area contributed by atoms with Crippen molar-refractivity contribution >= 4 is 11.6 Å². The number of hydrogen-bond donors (Lipinski definition) is 1. The average Bonchev–Trinajstić information content (AvgIpc) is 3.22. The monoisotopic (exact) mass is 384 g/mol. The molecule has 3 aliphatic rings. The number of ether oxygens (including phenoxy) is 2. The number of amides is 1. The Balaban J connectivity index is 1.52. The summed E-state index contributed by atoms with van der Waals surface area (Å²) in [5.74, 6) is -0.902. The molecule has 1 amide bonds. The van der Waals surface area contributed by atoms with Gasteiger partial charge >= 0.3 is 6.18 Å². The van der Waals surface area contributed by atoms with Gasteiger partial charge in [0.1, 0.15) is 0 Å². The lowest BCUT2D eigenvalue weighted by molar-refractivity contribution is -0.317. The quantitative estimate of drug-likeness (QED) is 0.870. The van der Waals surface area contributed by atoms with E-state index in [0.29, 0.717) is 30.8 Å². The summed E-state index contributed by atoms with van der Waals surface area (Å²) in [5, 5.41) is 14.7. The van der Waals surface area contributed by atoms with E-state index in [9.17, 15) is 23.1 Å².